The average Bonchev–Trinajstić information content (AvgIpc) is 3.38. The Morgan fingerprint density at radius 3 is 2.62 bits per heavy atom. The van der Waals surface area contributed by atoms with Gasteiger partial charge in [-0.05, 0) is 56.9 Å². The quantitative estimate of drug-likeness (QED) is 0.459. The molecule has 0 aliphatic heterocycles. The van der Waals surface area contributed by atoms with Crippen molar-refractivity contribution in [2.75, 3.05) is 11.9 Å². The van der Waals surface area contributed by atoms with E-state index in [0.29, 0.717) is 24.2 Å². The number of hydrogen-bond acceptors (Lipinski definition) is 5. The Kier molecular flexibility index (Phi) is 6.89. The number of amides is 2. The summed E-state index contributed by atoms with van der Waals surface area (Å²) in [6, 6.07) is 7.36. The number of aromatic nitrogens is 2. The van der Waals surface area contributed by atoms with E-state index < -0.39 is 0 Å². The van der Waals surface area contributed by atoms with Gasteiger partial charge >= 0.3 is 0 Å². The van der Waals surface area contributed by atoms with Gasteiger partial charge in [-0.25, -0.2) is 4.98 Å². The molecule has 0 saturated heterocycles. The Balaban J connectivity index is 1.69. The fraction of sp³-hybridized carbons (Fsp3) is 0.381. The molecule has 1 aromatic heterocycles. The van der Waals surface area contributed by atoms with Crippen molar-refractivity contribution in [3.8, 4) is 0 Å². The SMILES string of the molecule is CCNC(=O)c1ccc(N/C(CCCn2ccnc2)=C(\N)C(=O)NC2CC2)cc1. The predicted molar refractivity (Wildman–Crippen MR) is 112 cm³/mol. The van der Waals surface area contributed by atoms with Crippen molar-refractivity contribution in [2.24, 2.45) is 5.73 Å². The molecule has 5 N–H and O–H groups in total. The minimum absolute atomic E-state index is 0.113. The van der Waals surface area contributed by atoms with E-state index in [1.54, 1.807) is 24.7 Å². The number of allylic oxidation sites excluding steroid dienone is 1. The highest BCUT2D eigenvalue weighted by Crippen LogP contribution is 2.20. The third-order valence-electron chi connectivity index (χ3n) is 4.66. The van der Waals surface area contributed by atoms with E-state index in [2.05, 4.69) is 20.9 Å². The summed E-state index contributed by atoms with van der Waals surface area (Å²) in [6.07, 6.45) is 8.82. The predicted octanol–water partition coefficient (Wildman–Crippen LogP) is 1.97. The molecule has 2 aromatic rings. The summed E-state index contributed by atoms with van der Waals surface area (Å²) >= 11 is 0. The smallest absolute Gasteiger partial charge is 0.269 e. The Hall–Kier alpha value is -3.29. The fourth-order valence-electron chi connectivity index (χ4n) is 2.89. The van der Waals surface area contributed by atoms with Gasteiger partial charge in [-0.15, -0.1) is 0 Å². The van der Waals surface area contributed by atoms with Crippen LogP contribution < -0.4 is 21.7 Å². The van der Waals surface area contributed by atoms with Crippen LogP contribution in [0.2, 0.25) is 0 Å². The number of rotatable bonds is 10. The summed E-state index contributed by atoms with van der Waals surface area (Å²) in [7, 11) is 0. The van der Waals surface area contributed by atoms with Crippen molar-refractivity contribution in [1.29, 1.82) is 0 Å². The fourth-order valence-corrected chi connectivity index (χ4v) is 2.89. The van der Waals surface area contributed by atoms with Crippen LogP contribution in [0.4, 0.5) is 5.69 Å². The lowest BCUT2D eigenvalue weighted by Crippen LogP contribution is -2.32. The van der Waals surface area contributed by atoms with Gasteiger partial charge in [0, 0.05) is 48.5 Å². The first-order valence-electron chi connectivity index (χ1n) is 9.97. The molecule has 2 amide bonds. The lowest BCUT2D eigenvalue weighted by Gasteiger charge is -2.15. The van der Waals surface area contributed by atoms with Gasteiger partial charge < -0.3 is 26.3 Å². The van der Waals surface area contributed by atoms with Crippen molar-refractivity contribution < 1.29 is 9.59 Å². The molecule has 0 spiro atoms. The van der Waals surface area contributed by atoms with E-state index >= 15 is 0 Å². The lowest BCUT2D eigenvalue weighted by molar-refractivity contribution is -0.117. The number of nitrogens with zero attached hydrogens (tertiary/aromatic N) is 2. The highest BCUT2D eigenvalue weighted by Gasteiger charge is 2.25. The zero-order valence-electron chi connectivity index (χ0n) is 16.6. The number of anilines is 1. The molecule has 0 bridgehead atoms. The molecule has 8 nitrogen and oxygen atoms in total. The molecule has 29 heavy (non-hydrogen) atoms. The van der Waals surface area contributed by atoms with E-state index in [1.165, 1.54) is 0 Å². The summed E-state index contributed by atoms with van der Waals surface area (Å²) < 4.78 is 1.99. The largest absolute Gasteiger partial charge is 0.393 e. The van der Waals surface area contributed by atoms with Crippen LogP contribution in [-0.2, 0) is 11.3 Å². The highest BCUT2D eigenvalue weighted by atomic mass is 16.2. The van der Waals surface area contributed by atoms with Gasteiger partial charge in [-0.3, -0.25) is 9.59 Å². The number of carbonyl (C=O) groups is 2. The third-order valence-corrected chi connectivity index (χ3v) is 4.66. The van der Waals surface area contributed by atoms with Gasteiger partial charge in [0.25, 0.3) is 11.8 Å². The maximum atomic E-state index is 12.4. The van der Waals surface area contributed by atoms with Gasteiger partial charge in [0.1, 0.15) is 5.70 Å². The molecule has 1 aliphatic rings. The van der Waals surface area contributed by atoms with Crippen LogP contribution in [-0.4, -0.2) is 34.0 Å². The van der Waals surface area contributed by atoms with E-state index in [4.69, 9.17) is 5.73 Å². The zero-order valence-corrected chi connectivity index (χ0v) is 16.6. The molecule has 1 fully saturated rings. The van der Waals surface area contributed by atoms with Crippen molar-refractivity contribution >= 4 is 17.5 Å². The van der Waals surface area contributed by atoms with E-state index in [-0.39, 0.29) is 23.6 Å². The van der Waals surface area contributed by atoms with Crippen LogP contribution in [0.1, 0.15) is 43.0 Å². The maximum absolute atomic E-state index is 12.4. The van der Waals surface area contributed by atoms with Crippen molar-refractivity contribution in [3.05, 3.63) is 59.9 Å². The van der Waals surface area contributed by atoms with Crippen molar-refractivity contribution in [1.82, 2.24) is 20.2 Å². The highest BCUT2D eigenvalue weighted by molar-refractivity contribution is 5.95. The Bertz CT molecular complexity index is 854. The molecule has 1 aliphatic carbocycles. The Morgan fingerprint density at radius 1 is 1.24 bits per heavy atom. The molecule has 1 aromatic carbocycles. The molecule has 154 valence electrons. The van der Waals surface area contributed by atoms with E-state index in [9.17, 15) is 9.59 Å². The van der Waals surface area contributed by atoms with Crippen molar-refractivity contribution in [2.45, 2.75) is 45.2 Å². The summed E-state index contributed by atoms with van der Waals surface area (Å²) in [5, 5.41) is 8.97. The van der Waals surface area contributed by atoms with Crippen LogP contribution in [0, 0.1) is 0 Å². The lowest BCUT2D eigenvalue weighted by atomic mass is 10.1. The molecule has 1 saturated carbocycles. The molecular formula is C21H28N6O2. The second-order valence-electron chi connectivity index (χ2n) is 7.11. The Labute approximate surface area is 170 Å². The average molecular weight is 396 g/mol. The van der Waals surface area contributed by atoms with Crippen LogP contribution in [0.15, 0.2) is 54.4 Å². The van der Waals surface area contributed by atoms with Gasteiger partial charge in [0.15, 0.2) is 0 Å². The van der Waals surface area contributed by atoms with Gasteiger partial charge in [-0.2, -0.15) is 0 Å². The second-order valence-corrected chi connectivity index (χ2v) is 7.11. The second kappa shape index (κ2) is 9.77. The summed E-state index contributed by atoms with van der Waals surface area (Å²) in [5.41, 5.74) is 8.42. The number of nitrogens with two attached hydrogens (primary N) is 1. The van der Waals surface area contributed by atoms with E-state index in [1.807, 2.05) is 29.8 Å². The molecule has 3 rings (SSSR count). The molecule has 0 unspecified atom stereocenters. The summed E-state index contributed by atoms with van der Waals surface area (Å²) in [6.45, 7) is 3.23. The number of imidazole rings is 1. The van der Waals surface area contributed by atoms with Gasteiger partial charge in [0.05, 0.1) is 6.33 Å². The number of aryl methyl sites for hydroxylation is 1. The first-order valence-corrected chi connectivity index (χ1v) is 9.97. The Morgan fingerprint density at radius 2 is 2.00 bits per heavy atom. The van der Waals surface area contributed by atoms with Crippen LogP contribution in [0.5, 0.6) is 0 Å². The van der Waals surface area contributed by atoms with E-state index in [0.717, 1.165) is 31.5 Å². The first kappa shape index (κ1) is 20.4. The van der Waals surface area contributed by atoms with Crippen LogP contribution in [0.25, 0.3) is 0 Å². The molecule has 1 heterocycles. The maximum Gasteiger partial charge on any atom is 0.269 e. The van der Waals surface area contributed by atoms with Crippen molar-refractivity contribution in [3.63, 3.8) is 0 Å². The number of hydrogen-bond donors (Lipinski definition) is 4. The third kappa shape index (κ3) is 6.10. The summed E-state index contributed by atoms with van der Waals surface area (Å²) in [4.78, 5) is 28.4. The number of benzene rings is 1. The van der Waals surface area contributed by atoms with Gasteiger partial charge in [0.2, 0.25) is 0 Å². The first-order chi connectivity index (χ1) is 14.1. The molecule has 8 heteroatoms. The monoisotopic (exact) mass is 396 g/mol. The topological polar surface area (TPSA) is 114 Å². The molecular weight excluding hydrogens is 368 g/mol. The minimum Gasteiger partial charge on any atom is -0.393 e. The standard InChI is InChI=1S/C21H28N6O2/c1-2-24-20(28)15-5-7-16(8-6-15)25-18(4-3-12-27-13-11-23-14-27)19(22)21(29)26-17-9-10-17/h5-8,11,13-14,17,25H,2-4,9-10,12,22H2,1H3,(H,24,28)(H,26,29)/b19-18-. The molecule has 0 radical (unpaired) electrons. The number of carbonyl (C=O) groups excluding carboxylic acids is 2. The van der Waals surface area contributed by atoms with Gasteiger partial charge in [-0.1, -0.05) is 0 Å². The number of nitrogens with one attached hydrogen (secondary N) is 3. The van der Waals surface area contributed by atoms with Crippen LogP contribution >= 0.6 is 0 Å². The zero-order chi connectivity index (χ0) is 20.6. The minimum atomic E-state index is -0.239. The summed E-state index contributed by atoms with van der Waals surface area (Å²) in [5.74, 6) is -0.352. The van der Waals surface area contributed by atoms with Crippen LogP contribution in [0.3, 0.4) is 0 Å². The normalized spacial score (nSPS) is 14.1. The molecule has 0 atom stereocenters.